The van der Waals surface area contributed by atoms with Crippen LogP contribution in [-0.2, 0) is 6.54 Å². The van der Waals surface area contributed by atoms with E-state index in [-0.39, 0.29) is 5.82 Å². The number of methoxy groups -OCH3 is 2. The van der Waals surface area contributed by atoms with Gasteiger partial charge in [-0.05, 0) is 42.0 Å². The van der Waals surface area contributed by atoms with Gasteiger partial charge in [0.05, 0.1) is 14.2 Å². The Hall–Kier alpha value is -3.61. The van der Waals surface area contributed by atoms with Gasteiger partial charge in [0.25, 0.3) is 0 Å². The highest BCUT2D eigenvalue weighted by Gasteiger charge is 2.16. The topological polar surface area (TPSA) is 60.7 Å². The Morgan fingerprint density at radius 2 is 1.82 bits per heavy atom. The zero-order chi connectivity index (χ0) is 19.5. The normalized spacial score (nSPS) is 10.8. The fraction of sp³-hybridized carbons (Fsp3) is 0.143. The van der Waals surface area contributed by atoms with E-state index in [2.05, 4.69) is 15.3 Å². The van der Waals surface area contributed by atoms with E-state index < -0.39 is 0 Å². The maximum Gasteiger partial charge on any atom is 0.235 e. The number of nitrogens with zero attached hydrogens (tertiary/aromatic N) is 3. The molecular formula is C21H19FN4O2. The predicted octanol–water partition coefficient (Wildman–Crippen LogP) is 4.16. The summed E-state index contributed by atoms with van der Waals surface area (Å²) in [6.07, 6.45) is 3.59. The standard InChI is InChI=1S/C21H19FN4O2/c1-27-17-9-6-15(12-18(17)28-2)19-20(26-11-3-10-23-21(26)25-19)24-13-14-4-7-16(22)8-5-14/h3-12,24H,13H2,1-2H3. The monoisotopic (exact) mass is 378 g/mol. The first-order valence-corrected chi connectivity index (χ1v) is 8.73. The first kappa shape index (κ1) is 17.8. The number of anilines is 1. The molecule has 0 spiro atoms. The van der Waals surface area contributed by atoms with Crippen LogP contribution in [0.1, 0.15) is 5.56 Å². The maximum absolute atomic E-state index is 13.2. The summed E-state index contributed by atoms with van der Waals surface area (Å²) in [4.78, 5) is 9.01. The van der Waals surface area contributed by atoms with Gasteiger partial charge >= 0.3 is 0 Å². The van der Waals surface area contributed by atoms with Crippen LogP contribution in [0.2, 0.25) is 0 Å². The summed E-state index contributed by atoms with van der Waals surface area (Å²) in [5.74, 6) is 2.38. The van der Waals surface area contributed by atoms with Crippen LogP contribution in [0.3, 0.4) is 0 Å². The molecule has 6 nitrogen and oxygen atoms in total. The summed E-state index contributed by atoms with van der Waals surface area (Å²) in [6, 6.07) is 13.9. The lowest BCUT2D eigenvalue weighted by atomic mass is 10.1. The van der Waals surface area contributed by atoms with Crippen molar-refractivity contribution in [1.82, 2.24) is 14.4 Å². The van der Waals surface area contributed by atoms with Crippen molar-refractivity contribution in [1.29, 1.82) is 0 Å². The third-order valence-electron chi connectivity index (χ3n) is 4.43. The Kier molecular flexibility index (Phi) is 4.80. The zero-order valence-corrected chi connectivity index (χ0v) is 15.5. The van der Waals surface area contributed by atoms with Crippen molar-refractivity contribution in [3.8, 4) is 22.8 Å². The van der Waals surface area contributed by atoms with Gasteiger partial charge in [0.1, 0.15) is 17.3 Å². The average molecular weight is 378 g/mol. The molecule has 0 aliphatic carbocycles. The van der Waals surface area contributed by atoms with E-state index in [9.17, 15) is 4.39 Å². The molecule has 0 aliphatic rings. The van der Waals surface area contributed by atoms with Crippen molar-refractivity contribution in [3.63, 3.8) is 0 Å². The highest BCUT2D eigenvalue weighted by Crippen LogP contribution is 2.35. The molecule has 7 heteroatoms. The van der Waals surface area contributed by atoms with Crippen LogP contribution in [0.5, 0.6) is 11.5 Å². The minimum Gasteiger partial charge on any atom is -0.493 e. The molecule has 0 unspecified atom stereocenters. The minimum atomic E-state index is -0.256. The highest BCUT2D eigenvalue weighted by molar-refractivity contribution is 5.77. The summed E-state index contributed by atoms with van der Waals surface area (Å²) in [5.41, 5.74) is 2.56. The third kappa shape index (κ3) is 3.34. The van der Waals surface area contributed by atoms with Crippen molar-refractivity contribution in [3.05, 3.63) is 72.3 Å². The Labute approximate surface area is 161 Å². The Balaban J connectivity index is 1.76. The molecule has 2 aromatic heterocycles. The maximum atomic E-state index is 13.2. The molecule has 0 radical (unpaired) electrons. The minimum absolute atomic E-state index is 0.256. The van der Waals surface area contributed by atoms with Crippen molar-refractivity contribution in [2.45, 2.75) is 6.54 Å². The number of halogens is 1. The molecule has 0 aliphatic heterocycles. The van der Waals surface area contributed by atoms with Crippen LogP contribution in [0.15, 0.2) is 60.9 Å². The summed E-state index contributed by atoms with van der Waals surface area (Å²) in [5, 5.41) is 3.40. The lowest BCUT2D eigenvalue weighted by Crippen LogP contribution is -2.03. The third-order valence-corrected chi connectivity index (χ3v) is 4.43. The van der Waals surface area contributed by atoms with Gasteiger partial charge in [0, 0.05) is 24.5 Å². The molecule has 0 saturated carbocycles. The van der Waals surface area contributed by atoms with Crippen molar-refractivity contribution in [2.75, 3.05) is 19.5 Å². The quantitative estimate of drug-likeness (QED) is 0.546. The molecule has 0 atom stereocenters. The number of rotatable bonds is 6. The van der Waals surface area contributed by atoms with Crippen LogP contribution in [0.25, 0.3) is 17.0 Å². The van der Waals surface area contributed by atoms with Crippen molar-refractivity contribution in [2.24, 2.45) is 0 Å². The van der Waals surface area contributed by atoms with E-state index in [1.807, 2.05) is 34.9 Å². The number of nitrogens with one attached hydrogen (secondary N) is 1. The van der Waals surface area contributed by atoms with Crippen molar-refractivity contribution >= 4 is 11.6 Å². The molecule has 2 heterocycles. The van der Waals surface area contributed by atoms with Gasteiger partial charge in [-0.1, -0.05) is 12.1 Å². The number of hydrogen-bond donors (Lipinski definition) is 1. The van der Waals surface area contributed by atoms with Crippen LogP contribution >= 0.6 is 0 Å². The Morgan fingerprint density at radius 3 is 2.57 bits per heavy atom. The van der Waals surface area contributed by atoms with Gasteiger partial charge < -0.3 is 14.8 Å². The molecule has 28 heavy (non-hydrogen) atoms. The zero-order valence-electron chi connectivity index (χ0n) is 15.5. The predicted molar refractivity (Wildman–Crippen MR) is 105 cm³/mol. The average Bonchev–Trinajstić information content (AvgIpc) is 3.11. The molecule has 4 aromatic rings. The fourth-order valence-electron chi connectivity index (χ4n) is 3.03. The first-order valence-electron chi connectivity index (χ1n) is 8.73. The number of aromatic nitrogens is 3. The molecule has 2 aromatic carbocycles. The highest BCUT2D eigenvalue weighted by atomic mass is 19.1. The lowest BCUT2D eigenvalue weighted by molar-refractivity contribution is 0.355. The van der Waals surface area contributed by atoms with Gasteiger partial charge in [-0.3, -0.25) is 4.40 Å². The fourth-order valence-corrected chi connectivity index (χ4v) is 3.03. The van der Waals surface area contributed by atoms with E-state index >= 15 is 0 Å². The molecule has 0 saturated heterocycles. The second-order valence-electron chi connectivity index (χ2n) is 6.15. The van der Waals surface area contributed by atoms with Crippen LogP contribution < -0.4 is 14.8 Å². The largest absolute Gasteiger partial charge is 0.493 e. The van der Waals surface area contributed by atoms with Gasteiger partial charge in [-0.25, -0.2) is 14.4 Å². The van der Waals surface area contributed by atoms with Gasteiger partial charge in [0.15, 0.2) is 11.5 Å². The van der Waals surface area contributed by atoms with Crippen LogP contribution in [0.4, 0.5) is 10.2 Å². The Morgan fingerprint density at radius 1 is 1.04 bits per heavy atom. The number of imidazole rings is 1. The number of ether oxygens (including phenoxy) is 2. The number of hydrogen-bond acceptors (Lipinski definition) is 5. The molecule has 0 fully saturated rings. The number of benzene rings is 2. The van der Waals surface area contributed by atoms with E-state index in [0.717, 1.165) is 22.6 Å². The summed E-state index contributed by atoms with van der Waals surface area (Å²) >= 11 is 0. The molecule has 0 amide bonds. The second-order valence-corrected chi connectivity index (χ2v) is 6.15. The van der Waals surface area contributed by atoms with Crippen LogP contribution in [0, 0.1) is 5.82 Å². The summed E-state index contributed by atoms with van der Waals surface area (Å²) < 4.78 is 25.8. The van der Waals surface area contributed by atoms with Gasteiger partial charge in [-0.15, -0.1) is 0 Å². The molecule has 0 bridgehead atoms. The number of fused-ring (bicyclic) bond motifs is 1. The SMILES string of the molecule is COc1ccc(-c2nc3ncccn3c2NCc2ccc(F)cc2)cc1OC. The van der Waals surface area contributed by atoms with E-state index in [0.29, 0.717) is 23.8 Å². The van der Waals surface area contributed by atoms with E-state index in [1.54, 1.807) is 32.5 Å². The van der Waals surface area contributed by atoms with E-state index in [4.69, 9.17) is 9.47 Å². The molecular weight excluding hydrogens is 359 g/mol. The lowest BCUT2D eigenvalue weighted by Gasteiger charge is -2.11. The first-order chi connectivity index (χ1) is 13.7. The van der Waals surface area contributed by atoms with Gasteiger partial charge in [0.2, 0.25) is 5.78 Å². The smallest absolute Gasteiger partial charge is 0.235 e. The molecule has 142 valence electrons. The summed E-state index contributed by atoms with van der Waals surface area (Å²) in [7, 11) is 3.20. The second kappa shape index (κ2) is 7.56. The van der Waals surface area contributed by atoms with Crippen LogP contribution in [-0.4, -0.2) is 28.6 Å². The molecule has 4 rings (SSSR count). The van der Waals surface area contributed by atoms with Crippen molar-refractivity contribution < 1.29 is 13.9 Å². The van der Waals surface area contributed by atoms with Gasteiger partial charge in [-0.2, -0.15) is 0 Å². The molecule has 1 N–H and O–H groups in total. The summed E-state index contributed by atoms with van der Waals surface area (Å²) in [6.45, 7) is 0.517. The van der Waals surface area contributed by atoms with E-state index in [1.165, 1.54) is 12.1 Å². The Bertz CT molecular complexity index is 1110.